The molecule has 0 N–H and O–H groups in total. The van der Waals surface area contributed by atoms with Gasteiger partial charge in [-0.05, 0) is 29.8 Å². The average molecular weight is 408 g/mol. The highest BCUT2D eigenvalue weighted by Gasteiger charge is 2.08. The van der Waals surface area contributed by atoms with E-state index in [1.165, 1.54) is 10.9 Å². The number of fused-ring (bicyclic) bond motifs is 1. The van der Waals surface area contributed by atoms with Crippen LogP contribution in [0.1, 0.15) is 11.3 Å². The Morgan fingerprint density at radius 2 is 1.57 bits per heavy atom. The Balaban J connectivity index is 0.00000161. The van der Waals surface area contributed by atoms with Crippen LogP contribution >= 0.6 is 11.6 Å². The van der Waals surface area contributed by atoms with Crippen molar-refractivity contribution >= 4 is 34.7 Å². The van der Waals surface area contributed by atoms with E-state index in [0.717, 1.165) is 16.3 Å². The van der Waals surface area contributed by atoms with Crippen LogP contribution in [-0.4, -0.2) is 0 Å². The fourth-order valence-electron chi connectivity index (χ4n) is 2.31. The van der Waals surface area contributed by atoms with Crippen molar-refractivity contribution < 1.29 is 28.5 Å². The zero-order valence-corrected chi connectivity index (χ0v) is 14.5. The standard InChI is InChI=1S/C18H15ClN.HI/c1-20-16(12-10-14-6-2-4-8-17(14)19)13-11-15-7-3-5-9-18(15)20;/h2-13H,1H3;1H/q+1;/p-1/b12-10+;. The summed E-state index contributed by atoms with van der Waals surface area (Å²) in [6.07, 6.45) is 4.14. The summed E-state index contributed by atoms with van der Waals surface area (Å²) >= 11 is 6.17. The van der Waals surface area contributed by atoms with E-state index in [1.807, 2.05) is 30.3 Å². The topological polar surface area (TPSA) is 3.88 Å². The summed E-state index contributed by atoms with van der Waals surface area (Å²) in [6.45, 7) is 0. The van der Waals surface area contributed by atoms with Crippen LogP contribution in [0.2, 0.25) is 5.02 Å². The van der Waals surface area contributed by atoms with Gasteiger partial charge < -0.3 is 24.0 Å². The second-order valence-electron chi connectivity index (χ2n) is 4.73. The molecule has 0 aliphatic carbocycles. The molecule has 0 atom stereocenters. The first-order valence-electron chi connectivity index (χ1n) is 6.56. The number of pyridine rings is 1. The van der Waals surface area contributed by atoms with Gasteiger partial charge >= 0.3 is 0 Å². The van der Waals surface area contributed by atoms with Gasteiger partial charge in [0, 0.05) is 28.6 Å². The number of para-hydroxylation sites is 1. The maximum Gasteiger partial charge on any atom is 0.212 e. The van der Waals surface area contributed by atoms with E-state index in [1.54, 1.807) is 0 Å². The Labute approximate surface area is 146 Å². The SMILES string of the molecule is C[n+]1c(/C=C/c2ccccc2Cl)ccc2ccccc21.[I-]. The number of hydrogen-bond acceptors (Lipinski definition) is 0. The molecule has 1 heterocycles. The maximum absolute atomic E-state index is 6.17. The highest BCUT2D eigenvalue weighted by atomic mass is 127. The van der Waals surface area contributed by atoms with Crippen LogP contribution in [0.15, 0.2) is 60.7 Å². The molecule has 1 aromatic heterocycles. The lowest BCUT2D eigenvalue weighted by Gasteiger charge is -2.00. The second-order valence-corrected chi connectivity index (χ2v) is 5.14. The van der Waals surface area contributed by atoms with Gasteiger partial charge in [0.25, 0.3) is 0 Å². The molecule has 106 valence electrons. The lowest BCUT2D eigenvalue weighted by molar-refractivity contribution is -0.646. The summed E-state index contributed by atoms with van der Waals surface area (Å²) < 4.78 is 2.18. The molecule has 3 heteroatoms. The first-order valence-corrected chi connectivity index (χ1v) is 6.94. The van der Waals surface area contributed by atoms with Crippen LogP contribution in [0.4, 0.5) is 0 Å². The molecule has 0 spiro atoms. The quantitative estimate of drug-likeness (QED) is 0.448. The number of rotatable bonds is 2. The van der Waals surface area contributed by atoms with E-state index in [-0.39, 0.29) is 24.0 Å². The molecule has 0 radical (unpaired) electrons. The molecule has 0 aliphatic rings. The lowest BCUT2D eigenvalue weighted by Crippen LogP contribution is -3.00. The summed E-state index contributed by atoms with van der Waals surface area (Å²) in [5.74, 6) is 0. The fourth-order valence-corrected chi connectivity index (χ4v) is 2.51. The zero-order valence-electron chi connectivity index (χ0n) is 11.6. The van der Waals surface area contributed by atoms with Crippen molar-refractivity contribution in [2.24, 2.45) is 7.05 Å². The van der Waals surface area contributed by atoms with Crippen LogP contribution in [0, 0.1) is 0 Å². The van der Waals surface area contributed by atoms with E-state index in [9.17, 15) is 0 Å². The molecular formula is C18H15ClIN. The molecule has 3 rings (SSSR count). The Kier molecular flexibility index (Phi) is 5.37. The van der Waals surface area contributed by atoms with Gasteiger partial charge in [0.1, 0.15) is 7.05 Å². The summed E-state index contributed by atoms with van der Waals surface area (Å²) in [4.78, 5) is 0. The number of aryl methyl sites for hydroxylation is 1. The van der Waals surface area contributed by atoms with E-state index in [4.69, 9.17) is 11.6 Å². The van der Waals surface area contributed by atoms with E-state index >= 15 is 0 Å². The smallest absolute Gasteiger partial charge is 0.212 e. The normalized spacial score (nSPS) is 10.8. The minimum Gasteiger partial charge on any atom is -1.00 e. The summed E-state index contributed by atoms with van der Waals surface area (Å²) in [7, 11) is 2.08. The first kappa shape index (κ1) is 16.0. The van der Waals surface area contributed by atoms with E-state index in [0.29, 0.717) is 0 Å². The number of nitrogens with zero attached hydrogens (tertiary/aromatic N) is 1. The second kappa shape index (κ2) is 7.05. The molecule has 0 saturated carbocycles. The van der Waals surface area contributed by atoms with Gasteiger partial charge in [0.05, 0.1) is 0 Å². The Bertz CT molecular complexity index is 796. The van der Waals surface area contributed by atoms with Gasteiger partial charge in [0.15, 0.2) is 0 Å². The van der Waals surface area contributed by atoms with Gasteiger partial charge in [-0.15, -0.1) is 0 Å². The number of aromatic nitrogens is 1. The third kappa shape index (κ3) is 3.44. The van der Waals surface area contributed by atoms with E-state index < -0.39 is 0 Å². The predicted molar refractivity (Wildman–Crippen MR) is 85.5 cm³/mol. The highest BCUT2D eigenvalue weighted by Crippen LogP contribution is 2.18. The molecule has 21 heavy (non-hydrogen) atoms. The average Bonchev–Trinajstić information content (AvgIpc) is 2.48. The maximum atomic E-state index is 6.17. The van der Waals surface area contributed by atoms with Crippen LogP contribution in [-0.2, 0) is 7.05 Å². The highest BCUT2D eigenvalue weighted by molar-refractivity contribution is 6.32. The van der Waals surface area contributed by atoms with E-state index in [2.05, 4.69) is 54.1 Å². The van der Waals surface area contributed by atoms with Crippen LogP contribution in [0.25, 0.3) is 23.1 Å². The van der Waals surface area contributed by atoms with Crippen molar-refractivity contribution in [3.63, 3.8) is 0 Å². The molecule has 0 amide bonds. The molecule has 0 aliphatic heterocycles. The number of benzene rings is 2. The minimum atomic E-state index is 0. The Hall–Kier alpha value is -1.39. The van der Waals surface area contributed by atoms with Gasteiger partial charge in [-0.25, -0.2) is 0 Å². The van der Waals surface area contributed by atoms with Crippen LogP contribution in [0.5, 0.6) is 0 Å². The number of hydrogen-bond donors (Lipinski definition) is 0. The van der Waals surface area contributed by atoms with Crippen molar-refractivity contribution in [3.8, 4) is 0 Å². The first-order chi connectivity index (χ1) is 9.75. The molecule has 3 aromatic rings. The number of halogens is 2. The molecule has 0 unspecified atom stereocenters. The lowest BCUT2D eigenvalue weighted by atomic mass is 10.1. The molecule has 2 aromatic carbocycles. The van der Waals surface area contributed by atoms with Crippen LogP contribution in [0.3, 0.4) is 0 Å². The molecule has 0 bridgehead atoms. The van der Waals surface area contributed by atoms with Gasteiger partial charge in [-0.3, -0.25) is 0 Å². The van der Waals surface area contributed by atoms with Crippen molar-refractivity contribution in [3.05, 3.63) is 76.9 Å². The third-order valence-electron chi connectivity index (χ3n) is 3.46. The van der Waals surface area contributed by atoms with Crippen molar-refractivity contribution in [1.29, 1.82) is 0 Å². The third-order valence-corrected chi connectivity index (χ3v) is 3.80. The summed E-state index contributed by atoms with van der Waals surface area (Å²) in [5, 5.41) is 2.01. The predicted octanol–water partition coefficient (Wildman–Crippen LogP) is 1.49. The molecule has 0 fully saturated rings. The van der Waals surface area contributed by atoms with Gasteiger partial charge in [-0.2, -0.15) is 4.57 Å². The molecule has 0 saturated heterocycles. The monoisotopic (exact) mass is 407 g/mol. The van der Waals surface area contributed by atoms with Crippen molar-refractivity contribution in [2.45, 2.75) is 0 Å². The van der Waals surface area contributed by atoms with Crippen molar-refractivity contribution in [2.75, 3.05) is 0 Å². The van der Waals surface area contributed by atoms with Gasteiger partial charge in [-0.1, -0.05) is 41.9 Å². The summed E-state index contributed by atoms with van der Waals surface area (Å²) in [6, 6.07) is 20.5. The van der Waals surface area contributed by atoms with Gasteiger partial charge in [0.2, 0.25) is 11.2 Å². The summed E-state index contributed by atoms with van der Waals surface area (Å²) in [5.41, 5.74) is 3.39. The largest absolute Gasteiger partial charge is 1.00 e. The van der Waals surface area contributed by atoms with Crippen molar-refractivity contribution in [1.82, 2.24) is 0 Å². The molecule has 1 nitrogen and oxygen atoms in total. The Morgan fingerprint density at radius 3 is 2.38 bits per heavy atom. The minimum absolute atomic E-state index is 0. The molecular weight excluding hydrogens is 393 g/mol. The fraction of sp³-hybridized carbons (Fsp3) is 0.0556. The Morgan fingerprint density at radius 1 is 0.857 bits per heavy atom. The van der Waals surface area contributed by atoms with Crippen LogP contribution < -0.4 is 28.5 Å². The zero-order chi connectivity index (χ0) is 13.9.